The van der Waals surface area contributed by atoms with E-state index in [9.17, 15) is 22.4 Å². The van der Waals surface area contributed by atoms with Crippen molar-refractivity contribution in [2.24, 2.45) is 4.99 Å². The number of aliphatic imine (C=N–C) groups is 1. The van der Waals surface area contributed by atoms with Gasteiger partial charge >= 0.3 is 6.18 Å². The summed E-state index contributed by atoms with van der Waals surface area (Å²) in [6.45, 7) is -0.626. The molecule has 11 heteroatoms. The molecule has 2 aliphatic heterocycles. The molecule has 3 aromatic rings. The number of hydrogen-bond donors (Lipinski definition) is 1. The molecule has 0 radical (unpaired) electrons. The Morgan fingerprint density at radius 2 is 2.06 bits per heavy atom. The highest BCUT2D eigenvalue weighted by Gasteiger charge is 2.43. The van der Waals surface area contributed by atoms with Crippen LogP contribution in [0.3, 0.4) is 0 Å². The molecule has 0 aliphatic carbocycles. The van der Waals surface area contributed by atoms with Crippen molar-refractivity contribution >= 4 is 39.8 Å². The molecule has 34 heavy (non-hydrogen) atoms. The maximum Gasteiger partial charge on any atom is 0.416 e. The lowest BCUT2D eigenvalue weighted by atomic mass is 9.90. The van der Waals surface area contributed by atoms with E-state index in [1.165, 1.54) is 16.8 Å². The van der Waals surface area contributed by atoms with Crippen LogP contribution in [0.2, 0.25) is 0 Å². The van der Waals surface area contributed by atoms with Crippen LogP contribution < -0.4 is 5.32 Å². The molecule has 0 unspecified atom stereocenters. The van der Waals surface area contributed by atoms with E-state index in [1.54, 1.807) is 31.5 Å². The van der Waals surface area contributed by atoms with Crippen molar-refractivity contribution in [3.05, 3.63) is 69.8 Å². The van der Waals surface area contributed by atoms with Crippen LogP contribution in [0.25, 0.3) is 17.0 Å². The van der Waals surface area contributed by atoms with Gasteiger partial charge in [-0.1, -0.05) is 18.2 Å². The van der Waals surface area contributed by atoms with Gasteiger partial charge in [0.15, 0.2) is 5.67 Å². The smallest absolute Gasteiger partial charge is 0.374 e. The summed E-state index contributed by atoms with van der Waals surface area (Å²) >= 11 is 1.04. The molecule has 1 amide bonds. The maximum atomic E-state index is 14.6. The van der Waals surface area contributed by atoms with Gasteiger partial charge in [0.1, 0.15) is 5.84 Å². The molecular weight excluding hydrogens is 472 g/mol. The van der Waals surface area contributed by atoms with Crippen molar-refractivity contribution in [2.45, 2.75) is 18.4 Å². The van der Waals surface area contributed by atoms with Crippen LogP contribution in [0, 0.1) is 0 Å². The number of aromatic nitrogens is 2. The molecule has 3 heterocycles. The van der Waals surface area contributed by atoms with Crippen molar-refractivity contribution in [1.29, 1.82) is 0 Å². The number of hydrogen-bond acceptors (Lipinski definition) is 5. The van der Waals surface area contributed by atoms with E-state index in [4.69, 9.17) is 4.74 Å². The van der Waals surface area contributed by atoms with Crippen molar-refractivity contribution < 1.29 is 27.1 Å². The highest BCUT2D eigenvalue weighted by atomic mass is 32.2. The Labute approximate surface area is 195 Å². The number of benzene rings is 2. The van der Waals surface area contributed by atoms with Crippen molar-refractivity contribution in [3.8, 4) is 0 Å². The quantitative estimate of drug-likeness (QED) is 0.516. The summed E-state index contributed by atoms with van der Waals surface area (Å²) in [5, 5.41) is 7.55. The van der Waals surface area contributed by atoms with E-state index in [0.29, 0.717) is 16.3 Å². The lowest BCUT2D eigenvalue weighted by molar-refractivity contribution is -0.142. The number of nitrogens with one attached hydrogen (secondary N) is 1. The van der Waals surface area contributed by atoms with Crippen LogP contribution in [-0.2, 0) is 23.1 Å². The highest BCUT2D eigenvalue weighted by molar-refractivity contribution is 8.18. The molecule has 2 aromatic carbocycles. The van der Waals surface area contributed by atoms with Crippen molar-refractivity contribution in [3.63, 3.8) is 0 Å². The molecule has 2 saturated heterocycles. The van der Waals surface area contributed by atoms with Gasteiger partial charge in [-0.05, 0) is 52.7 Å². The lowest BCUT2D eigenvalue weighted by Gasteiger charge is -2.34. The van der Waals surface area contributed by atoms with Gasteiger partial charge in [-0.3, -0.25) is 14.5 Å². The number of nitrogens with zero attached hydrogens (tertiary/aromatic N) is 3. The van der Waals surface area contributed by atoms with E-state index in [0.717, 1.165) is 28.8 Å². The van der Waals surface area contributed by atoms with Crippen LogP contribution in [-0.4, -0.2) is 41.1 Å². The second-order valence-corrected chi connectivity index (χ2v) is 9.08. The molecule has 0 atom stereocenters. The molecule has 1 N–H and O–H groups in total. The third-order valence-corrected chi connectivity index (χ3v) is 6.50. The molecule has 2 aliphatic rings. The Balaban J connectivity index is 1.45. The van der Waals surface area contributed by atoms with Gasteiger partial charge in [-0.2, -0.15) is 18.3 Å². The first kappa shape index (κ1) is 22.6. The first-order chi connectivity index (χ1) is 16.1. The van der Waals surface area contributed by atoms with Gasteiger partial charge in [-0.15, -0.1) is 0 Å². The zero-order chi connectivity index (χ0) is 24.1. The molecule has 2 fully saturated rings. The fraction of sp³-hybridized carbons (Fsp3) is 0.261. The summed E-state index contributed by atoms with van der Waals surface area (Å²) in [5.74, 6) is 0.484. The SMILES string of the molecule is CN=C1NC(=O)S/C1=C\c1ccc2nn(Cc3ccc(C4(F)COC4)cc3C(F)(F)F)cc2c1. The number of ether oxygens (including phenoxy) is 1. The van der Waals surface area contributed by atoms with Crippen LogP contribution in [0.15, 0.2) is 52.5 Å². The summed E-state index contributed by atoms with van der Waals surface area (Å²) in [6, 6.07) is 8.94. The number of halogens is 4. The minimum Gasteiger partial charge on any atom is -0.374 e. The lowest BCUT2D eigenvalue weighted by Crippen LogP contribution is -2.42. The fourth-order valence-electron chi connectivity index (χ4n) is 3.89. The summed E-state index contributed by atoms with van der Waals surface area (Å²) < 4.78 is 62.1. The number of carbonyl (C=O) groups is 1. The number of amides is 1. The molecular formula is C23H18F4N4O2S. The van der Waals surface area contributed by atoms with Gasteiger partial charge in [0.2, 0.25) is 0 Å². The molecule has 5 rings (SSSR count). The molecule has 6 nitrogen and oxygen atoms in total. The minimum absolute atomic E-state index is 0.00835. The number of carbonyl (C=O) groups excluding carboxylic acids is 1. The van der Waals surface area contributed by atoms with E-state index in [-0.39, 0.29) is 36.1 Å². The van der Waals surface area contributed by atoms with Gasteiger partial charge in [0, 0.05) is 18.6 Å². The molecule has 176 valence electrons. The Bertz CT molecular complexity index is 1360. The average Bonchev–Trinajstić information content (AvgIpc) is 3.33. The van der Waals surface area contributed by atoms with Gasteiger partial charge < -0.3 is 10.1 Å². The first-order valence-corrected chi connectivity index (χ1v) is 11.1. The predicted molar refractivity (Wildman–Crippen MR) is 121 cm³/mol. The third kappa shape index (κ3) is 4.21. The zero-order valence-electron chi connectivity index (χ0n) is 17.8. The molecule has 1 aromatic heterocycles. The number of fused-ring (bicyclic) bond motifs is 1. The molecule has 0 bridgehead atoms. The summed E-state index contributed by atoms with van der Waals surface area (Å²) in [4.78, 5) is 16.3. The van der Waals surface area contributed by atoms with Crippen molar-refractivity contribution in [1.82, 2.24) is 15.1 Å². The Morgan fingerprint density at radius 1 is 1.26 bits per heavy atom. The minimum atomic E-state index is -4.64. The fourth-order valence-corrected chi connectivity index (χ4v) is 4.67. The second-order valence-electron chi connectivity index (χ2n) is 8.07. The van der Waals surface area contributed by atoms with Crippen LogP contribution in [0.4, 0.5) is 22.4 Å². The summed E-state index contributed by atoms with van der Waals surface area (Å²) in [6.07, 6.45) is -1.18. The Kier molecular flexibility index (Phi) is 5.48. The van der Waals surface area contributed by atoms with E-state index >= 15 is 0 Å². The average molecular weight is 490 g/mol. The number of rotatable bonds is 4. The standard InChI is InChI=1S/C23H18F4N4O2S/c1-28-20-19(34-21(32)29-20)7-13-2-5-18-15(6-13)10-31(30-18)9-14-3-4-16(22(24)11-33-12-22)8-17(14)23(25,26)27/h2-8,10H,9,11-12H2,1H3,(H,28,29,32)/b19-7-. The van der Waals surface area contributed by atoms with Gasteiger partial charge in [0.25, 0.3) is 5.24 Å². The topological polar surface area (TPSA) is 68.5 Å². The zero-order valence-corrected chi connectivity index (χ0v) is 18.6. The third-order valence-electron chi connectivity index (χ3n) is 5.68. The highest BCUT2D eigenvalue weighted by Crippen LogP contribution is 2.39. The van der Waals surface area contributed by atoms with Crippen LogP contribution in [0.5, 0.6) is 0 Å². The predicted octanol–water partition coefficient (Wildman–Crippen LogP) is 5.12. The van der Waals surface area contributed by atoms with Gasteiger partial charge in [-0.25, -0.2) is 4.39 Å². The van der Waals surface area contributed by atoms with E-state index in [1.807, 2.05) is 6.07 Å². The largest absolute Gasteiger partial charge is 0.416 e. The number of thioether (sulfide) groups is 1. The number of alkyl halides is 4. The van der Waals surface area contributed by atoms with Gasteiger partial charge in [0.05, 0.1) is 35.7 Å². The summed E-state index contributed by atoms with van der Waals surface area (Å²) in [5.41, 5.74) is -1.41. The summed E-state index contributed by atoms with van der Waals surface area (Å²) in [7, 11) is 1.58. The Hall–Kier alpha value is -3.18. The van der Waals surface area contributed by atoms with E-state index < -0.39 is 17.4 Å². The molecule has 0 spiro atoms. The monoisotopic (exact) mass is 490 g/mol. The van der Waals surface area contributed by atoms with Crippen LogP contribution >= 0.6 is 11.8 Å². The van der Waals surface area contributed by atoms with Crippen LogP contribution in [0.1, 0.15) is 22.3 Å². The number of amidine groups is 1. The maximum absolute atomic E-state index is 14.6. The van der Waals surface area contributed by atoms with E-state index in [2.05, 4.69) is 15.4 Å². The first-order valence-electron chi connectivity index (χ1n) is 10.3. The molecule has 0 saturated carbocycles. The Morgan fingerprint density at radius 3 is 2.74 bits per heavy atom. The second kappa shape index (κ2) is 8.24. The van der Waals surface area contributed by atoms with Crippen molar-refractivity contribution in [2.75, 3.05) is 20.3 Å². The normalized spacial score (nSPS) is 20.2.